The van der Waals surface area contributed by atoms with Crippen molar-refractivity contribution in [2.45, 2.75) is 13.8 Å². The van der Waals surface area contributed by atoms with E-state index in [1.54, 1.807) is 12.1 Å². The lowest BCUT2D eigenvalue weighted by atomic mass is 10.3. The zero-order valence-corrected chi connectivity index (χ0v) is 12.1. The molecule has 6 heteroatoms. The van der Waals surface area contributed by atoms with Gasteiger partial charge in [-0.15, -0.1) is 0 Å². The summed E-state index contributed by atoms with van der Waals surface area (Å²) in [5.74, 6) is 0.0185. The zero-order valence-electron chi connectivity index (χ0n) is 10.4. The van der Waals surface area contributed by atoms with Crippen LogP contribution in [0.1, 0.15) is 13.8 Å². The first-order chi connectivity index (χ1) is 8.59. The van der Waals surface area contributed by atoms with Gasteiger partial charge < -0.3 is 9.36 Å². The number of rotatable bonds is 6. The first kappa shape index (κ1) is 14.9. The van der Waals surface area contributed by atoms with Crippen LogP contribution in [-0.4, -0.2) is 24.5 Å². The molecule has 0 N–H and O–H groups in total. The van der Waals surface area contributed by atoms with Gasteiger partial charge in [0, 0.05) is 12.3 Å². The Morgan fingerprint density at radius 2 is 1.94 bits per heavy atom. The molecule has 0 aliphatic carbocycles. The van der Waals surface area contributed by atoms with Crippen molar-refractivity contribution in [3.63, 3.8) is 0 Å². The fourth-order valence-electron chi connectivity index (χ4n) is 1.15. The lowest BCUT2D eigenvalue weighted by Crippen LogP contribution is -2.07. The summed E-state index contributed by atoms with van der Waals surface area (Å²) in [6.07, 6.45) is 0.386. The average Bonchev–Trinajstić information content (AvgIpc) is 2.40. The van der Waals surface area contributed by atoms with Crippen LogP contribution in [0.5, 0.6) is 5.75 Å². The Labute approximate surface area is 112 Å². The van der Waals surface area contributed by atoms with Gasteiger partial charge in [-0.3, -0.25) is 0 Å². The van der Waals surface area contributed by atoms with E-state index < -0.39 is 12.2 Å². The minimum Gasteiger partial charge on any atom is -0.433 e. The molecule has 1 aromatic carbocycles. The van der Waals surface area contributed by atoms with Crippen LogP contribution in [0.4, 0.5) is 0 Å². The molecule has 0 heterocycles. The predicted molar refractivity (Wildman–Crippen MR) is 77.0 cm³/mol. The highest BCUT2D eigenvalue weighted by Crippen LogP contribution is 2.46. The summed E-state index contributed by atoms with van der Waals surface area (Å²) < 4.78 is 5.23. The summed E-state index contributed by atoms with van der Waals surface area (Å²) in [6, 6.07) is 8.98. The largest absolute Gasteiger partial charge is 0.433 e. The fraction of sp³-hybridized carbons (Fsp3) is 0.333. The van der Waals surface area contributed by atoms with Crippen molar-refractivity contribution in [3.8, 4) is 5.75 Å². The third kappa shape index (κ3) is 4.98. The van der Waals surface area contributed by atoms with Crippen LogP contribution >= 0.6 is 6.26 Å². The molecule has 0 saturated heterocycles. The van der Waals surface area contributed by atoms with Gasteiger partial charge >= 0.3 is 5.97 Å². The molecule has 0 radical (unpaired) electrons. The monoisotopic (exact) mass is 285 g/mol. The summed E-state index contributed by atoms with van der Waals surface area (Å²) in [5, 5.41) is 3.57. The van der Waals surface area contributed by atoms with E-state index in [0.29, 0.717) is 18.1 Å². The Kier molecular flexibility index (Phi) is 6.02. The number of oxime groups is 1. The second-order valence-corrected chi connectivity index (χ2v) is 8.57. The first-order valence-corrected chi connectivity index (χ1v) is 8.75. The topological polar surface area (TPSA) is 47.9 Å². The highest BCUT2D eigenvalue weighted by molar-refractivity contribution is 8.12. The molecule has 0 aromatic heterocycles. The van der Waals surface area contributed by atoms with E-state index in [9.17, 15) is 4.79 Å². The summed E-state index contributed by atoms with van der Waals surface area (Å²) in [6.45, 7) is 3.85. The second-order valence-electron chi connectivity index (χ2n) is 3.50. The van der Waals surface area contributed by atoms with Crippen molar-refractivity contribution in [1.82, 2.24) is 0 Å². The number of carbonyl (C=O) groups is 1. The predicted octanol–water partition coefficient (Wildman–Crippen LogP) is 3.03. The molecule has 18 heavy (non-hydrogen) atoms. The van der Waals surface area contributed by atoms with E-state index in [2.05, 4.69) is 5.16 Å². The maximum Gasteiger partial charge on any atom is 0.356 e. The summed E-state index contributed by atoms with van der Waals surface area (Å²) in [7, 11) is 0. The number of carbonyl (C=O) groups excluding carboxylic acids is 1. The SMILES string of the molecule is CCP(=S)(CC)OC(=O)C=NOc1ccccc1. The van der Waals surface area contributed by atoms with Crippen LogP contribution in [-0.2, 0) is 21.1 Å². The van der Waals surface area contributed by atoms with Gasteiger partial charge in [0.2, 0.25) is 0 Å². The number of benzene rings is 1. The molecular formula is C12H16NO3PS. The maximum atomic E-state index is 11.5. The van der Waals surface area contributed by atoms with E-state index in [-0.39, 0.29) is 0 Å². The van der Waals surface area contributed by atoms with Crippen molar-refractivity contribution in [3.05, 3.63) is 30.3 Å². The zero-order chi connectivity index (χ0) is 13.4. The van der Waals surface area contributed by atoms with E-state index >= 15 is 0 Å². The minimum atomic E-state index is -2.01. The van der Waals surface area contributed by atoms with Gasteiger partial charge in [-0.2, -0.15) is 0 Å². The lowest BCUT2D eigenvalue weighted by molar-refractivity contribution is -0.126. The number of hydrogen-bond donors (Lipinski definition) is 0. The molecule has 0 amide bonds. The fourth-order valence-corrected chi connectivity index (χ4v) is 2.45. The van der Waals surface area contributed by atoms with Crippen molar-refractivity contribution >= 4 is 30.3 Å². The average molecular weight is 285 g/mol. The van der Waals surface area contributed by atoms with Crippen LogP contribution in [0, 0.1) is 0 Å². The maximum absolute atomic E-state index is 11.5. The molecule has 0 bridgehead atoms. The number of nitrogens with zero attached hydrogens (tertiary/aromatic N) is 1. The van der Waals surface area contributed by atoms with E-state index in [1.807, 2.05) is 32.0 Å². The van der Waals surface area contributed by atoms with Gasteiger partial charge in [0.05, 0.1) is 0 Å². The summed E-state index contributed by atoms with van der Waals surface area (Å²) in [4.78, 5) is 16.5. The Morgan fingerprint density at radius 1 is 1.33 bits per heavy atom. The van der Waals surface area contributed by atoms with Crippen LogP contribution in [0.2, 0.25) is 0 Å². The third-order valence-corrected chi connectivity index (χ3v) is 6.49. The highest BCUT2D eigenvalue weighted by Gasteiger charge is 2.16. The summed E-state index contributed by atoms with van der Waals surface area (Å²) >= 11 is 5.29. The minimum absolute atomic E-state index is 0.544. The van der Waals surface area contributed by atoms with Crippen molar-refractivity contribution in [2.24, 2.45) is 5.16 Å². The van der Waals surface area contributed by atoms with Crippen LogP contribution in [0.15, 0.2) is 35.5 Å². The molecule has 0 spiro atoms. The summed E-state index contributed by atoms with van der Waals surface area (Å²) in [5.41, 5.74) is 0. The normalized spacial score (nSPS) is 11.4. The third-order valence-electron chi connectivity index (χ3n) is 2.28. The van der Waals surface area contributed by atoms with Gasteiger partial charge in [-0.1, -0.05) is 49.0 Å². The van der Waals surface area contributed by atoms with Gasteiger partial charge in [-0.25, -0.2) is 4.79 Å². The number of hydrogen-bond acceptors (Lipinski definition) is 5. The van der Waals surface area contributed by atoms with E-state index in [4.69, 9.17) is 21.2 Å². The molecule has 4 nitrogen and oxygen atoms in total. The molecular weight excluding hydrogens is 269 g/mol. The highest BCUT2D eigenvalue weighted by atomic mass is 32.4. The molecule has 1 rings (SSSR count). The smallest absolute Gasteiger partial charge is 0.356 e. The molecule has 0 atom stereocenters. The first-order valence-electron chi connectivity index (χ1n) is 5.66. The standard InChI is InChI=1S/C12H16NO3PS/c1-3-17(18,4-2)16-12(14)10-13-15-11-8-6-5-7-9-11/h5-10H,3-4H2,1-2H3. The Balaban J connectivity index is 2.48. The van der Waals surface area contributed by atoms with Gasteiger partial charge in [-0.05, 0) is 12.1 Å². The molecule has 0 saturated carbocycles. The van der Waals surface area contributed by atoms with Gasteiger partial charge in [0.1, 0.15) is 6.26 Å². The van der Waals surface area contributed by atoms with Gasteiger partial charge in [0.15, 0.2) is 12.0 Å². The molecule has 0 fully saturated rings. The van der Waals surface area contributed by atoms with Crippen molar-refractivity contribution in [2.75, 3.05) is 12.3 Å². The second kappa shape index (κ2) is 7.29. The quantitative estimate of drug-likeness (QED) is 0.458. The molecule has 0 unspecified atom stereocenters. The van der Waals surface area contributed by atoms with Crippen LogP contribution in [0.3, 0.4) is 0 Å². The Hall–Kier alpha value is -1.19. The lowest BCUT2D eigenvalue weighted by Gasteiger charge is -2.16. The molecule has 1 aromatic rings. The van der Waals surface area contributed by atoms with Crippen LogP contribution in [0.25, 0.3) is 0 Å². The Morgan fingerprint density at radius 3 is 2.50 bits per heavy atom. The van der Waals surface area contributed by atoms with Gasteiger partial charge in [0.25, 0.3) is 0 Å². The number of para-hydroxylation sites is 1. The van der Waals surface area contributed by atoms with Crippen LogP contribution < -0.4 is 4.84 Å². The van der Waals surface area contributed by atoms with Crippen molar-refractivity contribution in [1.29, 1.82) is 0 Å². The van der Waals surface area contributed by atoms with E-state index in [0.717, 1.165) is 6.21 Å². The van der Waals surface area contributed by atoms with E-state index in [1.165, 1.54) is 0 Å². The molecule has 0 aliphatic rings. The Bertz CT molecular complexity index is 454. The van der Waals surface area contributed by atoms with Crippen molar-refractivity contribution < 1.29 is 14.2 Å². The molecule has 98 valence electrons. The molecule has 0 aliphatic heterocycles.